The van der Waals surface area contributed by atoms with Crippen molar-refractivity contribution in [2.24, 2.45) is 12.0 Å². The van der Waals surface area contributed by atoms with Gasteiger partial charge in [-0.1, -0.05) is 31.7 Å². The van der Waals surface area contributed by atoms with Crippen molar-refractivity contribution in [1.82, 2.24) is 9.88 Å². The number of halogens is 2. The summed E-state index contributed by atoms with van der Waals surface area (Å²) < 4.78 is 28.2. The highest BCUT2D eigenvalue weighted by Gasteiger charge is 2.13. The largest absolute Gasteiger partial charge is 0.352 e. The van der Waals surface area contributed by atoms with E-state index in [1.54, 1.807) is 11.3 Å². The molecular formula is C20H25F2N3OS. The molecule has 1 aromatic carbocycles. The smallest absolute Gasteiger partial charge is 0.226 e. The second kappa shape index (κ2) is 9.26. The summed E-state index contributed by atoms with van der Waals surface area (Å²) >= 11 is 1.56. The summed E-state index contributed by atoms with van der Waals surface area (Å²) in [5.74, 6) is -1.95. The molecule has 1 aliphatic carbocycles. The first-order valence-electron chi connectivity index (χ1n) is 9.41. The number of rotatable bonds is 5. The van der Waals surface area contributed by atoms with E-state index in [4.69, 9.17) is 4.99 Å². The van der Waals surface area contributed by atoms with Gasteiger partial charge in [-0.05, 0) is 30.5 Å². The van der Waals surface area contributed by atoms with Gasteiger partial charge in [-0.2, -0.15) is 0 Å². The van der Waals surface area contributed by atoms with Crippen LogP contribution in [0.4, 0.5) is 8.78 Å². The second-order valence-electron chi connectivity index (χ2n) is 7.05. The van der Waals surface area contributed by atoms with E-state index in [0.29, 0.717) is 11.6 Å². The fourth-order valence-electron chi connectivity index (χ4n) is 3.30. The molecule has 27 heavy (non-hydrogen) atoms. The van der Waals surface area contributed by atoms with Crippen molar-refractivity contribution in [1.29, 1.82) is 0 Å². The van der Waals surface area contributed by atoms with E-state index >= 15 is 0 Å². The van der Waals surface area contributed by atoms with Crippen LogP contribution in [0.1, 0.15) is 49.8 Å². The average molecular weight is 394 g/mol. The van der Waals surface area contributed by atoms with Crippen molar-refractivity contribution in [2.75, 3.05) is 0 Å². The van der Waals surface area contributed by atoms with E-state index in [0.717, 1.165) is 35.5 Å². The lowest BCUT2D eigenvalue weighted by Gasteiger charge is -2.08. The fourth-order valence-corrected chi connectivity index (χ4v) is 4.27. The second-order valence-corrected chi connectivity index (χ2v) is 7.88. The predicted octanol–water partition coefficient (Wildman–Crippen LogP) is 3.85. The number of amides is 1. The van der Waals surface area contributed by atoms with Crippen LogP contribution in [0, 0.1) is 11.6 Å². The molecule has 0 atom stereocenters. The van der Waals surface area contributed by atoms with E-state index in [-0.39, 0.29) is 18.9 Å². The Balaban J connectivity index is 1.59. The van der Waals surface area contributed by atoms with Crippen molar-refractivity contribution < 1.29 is 13.6 Å². The minimum atomic E-state index is -0.907. The number of carbonyl (C=O) groups is 1. The average Bonchev–Trinajstić information content (AvgIpc) is 2.85. The van der Waals surface area contributed by atoms with Crippen LogP contribution < -0.4 is 10.1 Å². The van der Waals surface area contributed by atoms with Crippen LogP contribution in [-0.2, 0) is 24.8 Å². The van der Waals surface area contributed by atoms with E-state index in [2.05, 4.69) is 5.32 Å². The van der Waals surface area contributed by atoms with Crippen LogP contribution >= 0.6 is 11.3 Å². The molecule has 0 unspecified atom stereocenters. The Morgan fingerprint density at radius 3 is 2.67 bits per heavy atom. The SMILES string of the molecule is Cn1c(CC(=O)NCc2ccc(F)c(F)c2)csc1=NC1CCCCCC1. The minimum absolute atomic E-state index is 0.158. The van der Waals surface area contributed by atoms with Crippen LogP contribution in [0.25, 0.3) is 0 Å². The van der Waals surface area contributed by atoms with Gasteiger partial charge in [0.1, 0.15) is 0 Å². The highest BCUT2D eigenvalue weighted by molar-refractivity contribution is 7.07. The topological polar surface area (TPSA) is 46.4 Å². The Kier molecular flexibility index (Phi) is 6.77. The highest BCUT2D eigenvalue weighted by Crippen LogP contribution is 2.19. The lowest BCUT2D eigenvalue weighted by Crippen LogP contribution is -2.26. The first-order valence-corrected chi connectivity index (χ1v) is 10.3. The molecule has 1 saturated carbocycles. The Morgan fingerprint density at radius 1 is 1.22 bits per heavy atom. The molecule has 0 bridgehead atoms. The van der Waals surface area contributed by atoms with Crippen molar-refractivity contribution in [3.63, 3.8) is 0 Å². The molecule has 1 N–H and O–H groups in total. The quantitative estimate of drug-likeness (QED) is 0.771. The molecule has 4 nitrogen and oxygen atoms in total. The van der Waals surface area contributed by atoms with Gasteiger partial charge in [0.15, 0.2) is 16.4 Å². The van der Waals surface area contributed by atoms with Gasteiger partial charge in [-0.15, -0.1) is 11.3 Å². The Bertz CT molecular complexity index is 851. The maximum Gasteiger partial charge on any atom is 0.226 e. The highest BCUT2D eigenvalue weighted by atomic mass is 32.1. The first kappa shape index (κ1) is 19.7. The maximum absolute atomic E-state index is 13.2. The van der Waals surface area contributed by atoms with E-state index in [9.17, 15) is 13.6 Å². The predicted molar refractivity (Wildman–Crippen MR) is 102 cm³/mol. The first-order chi connectivity index (χ1) is 13.0. The van der Waals surface area contributed by atoms with E-state index in [1.807, 2.05) is 17.0 Å². The number of carbonyl (C=O) groups excluding carboxylic acids is 1. The molecule has 0 aliphatic heterocycles. The number of hydrogen-bond acceptors (Lipinski definition) is 3. The molecule has 0 spiro atoms. The molecule has 1 heterocycles. The van der Waals surface area contributed by atoms with Gasteiger partial charge in [0, 0.05) is 24.7 Å². The molecule has 1 aliphatic rings. The van der Waals surface area contributed by atoms with Gasteiger partial charge in [-0.3, -0.25) is 9.79 Å². The van der Waals surface area contributed by atoms with Crippen molar-refractivity contribution in [2.45, 2.75) is 57.5 Å². The van der Waals surface area contributed by atoms with Crippen molar-refractivity contribution >= 4 is 17.2 Å². The number of nitrogens with one attached hydrogen (secondary N) is 1. The zero-order valence-electron chi connectivity index (χ0n) is 15.5. The monoisotopic (exact) mass is 393 g/mol. The Morgan fingerprint density at radius 2 is 1.96 bits per heavy atom. The summed E-state index contributed by atoms with van der Waals surface area (Å²) in [6.07, 6.45) is 7.59. The Labute approximate surface area is 162 Å². The molecule has 1 fully saturated rings. The van der Waals surface area contributed by atoms with E-state index in [1.165, 1.54) is 31.7 Å². The molecule has 1 amide bonds. The summed E-state index contributed by atoms with van der Waals surface area (Å²) in [5.41, 5.74) is 1.43. The molecule has 2 aromatic rings. The van der Waals surface area contributed by atoms with Gasteiger partial charge < -0.3 is 9.88 Å². The summed E-state index contributed by atoms with van der Waals surface area (Å²) in [6.45, 7) is 0.170. The van der Waals surface area contributed by atoms with Gasteiger partial charge >= 0.3 is 0 Å². The van der Waals surface area contributed by atoms with Crippen molar-refractivity contribution in [3.8, 4) is 0 Å². The lowest BCUT2D eigenvalue weighted by atomic mass is 10.1. The third kappa shape index (κ3) is 5.48. The van der Waals surface area contributed by atoms with Crippen LogP contribution in [-0.4, -0.2) is 16.5 Å². The van der Waals surface area contributed by atoms with Crippen molar-refractivity contribution in [3.05, 3.63) is 51.3 Å². The number of nitrogens with zero attached hydrogens (tertiary/aromatic N) is 2. The lowest BCUT2D eigenvalue weighted by molar-refractivity contribution is -0.120. The fraction of sp³-hybridized carbons (Fsp3) is 0.500. The van der Waals surface area contributed by atoms with Gasteiger partial charge in [0.05, 0.1) is 12.5 Å². The molecular weight excluding hydrogens is 368 g/mol. The molecule has 7 heteroatoms. The molecule has 0 radical (unpaired) electrons. The third-order valence-corrected chi connectivity index (χ3v) is 5.93. The number of hydrogen-bond donors (Lipinski definition) is 1. The van der Waals surface area contributed by atoms with Crippen LogP contribution in [0.15, 0.2) is 28.6 Å². The van der Waals surface area contributed by atoms with Gasteiger partial charge in [-0.25, -0.2) is 8.78 Å². The number of aromatic nitrogens is 1. The summed E-state index contributed by atoms with van der Waals surface area (Å²) in [5, 5.41) is 4.72. The van der Waals surface area contributed by atoms with Gasteiger partial charge in [0.2, 0.25) is 5.91 Å². The van der Waals surface area contributed by atoms with Gasteiger partial charge in [0.25, 0.3) is 0 Å². The standard InChI is InChI=1S/C20H25F2N3OS/c1-25-16(13-27-20(25)24-15-6-4-2-3-5-7-15)11-19(26)23-12-14-8-9-17(21)18(22)10-14/h8-10,13,15H,2-7,11-12H2,1H3,(H,23,26). The molecule has 146 valence electrons. The number of thiazole rings is 1. The Hall–Kier alpha value is -2.02. The third-order valence-electron chi connectivity index (χ3n) is 4.95. The normalized spacial score (nSPS) is 16.3. The summed E-state index contributed by atoms with van der Waals surface area (Å²) in [7, 11) is 1.93. The minimum Gasteiger partial charge on any atom is -0.352 e. The van der Waals surface area contributed by atoms with E-state index < -0.39 is 11.6 Å². The molecule has 1 aromatic heterocycles. The molecule has 3 rings (SSSR count). The van der Waals surface area contributed by atoms with Crippen LogP contribution in [0.5, 0.6) is 0 Å². The van der Waals surface area contributed by atoms with Crippen LogP contribution in [0.3, 0.4) is 0 Å². The molecule has 0 saturated heterocycles. The zero-order valence-corrected chi connectivity index (χ0v) is 16.3. The maximum atomic E-state index is 13.2. The summed E-state index contributed by atoms with van der Waals surface area (Å²) in [6, 6.07) is 4.01. The zero-order chi connectivity index (χ0) is 19.2. The van der Waals surface area contributed by atoms with Crippen LogP contribution in [0.2, 0.25) is 0 Å². The summed E-state index contributed by atoms with van der Waals surface area (Å²) in [4.78, 5) is 18.1. The number of benzene rings is 1.